The third-order valence-corrected chi connectivity index (χ3v) is 4.83. The van der Waals surface area contributed by atoms with Gasteiger partial charge in [-0.1, -0.05) is 6.92 Å². The third-order valence-electron chi connectivity index (χ3n) is 3.57. The maximum Gasteiger partial charge on any atom is 0.304 e. The Kier molecular flexibility index (Phi) is 3.86. The summed E-state index contributed by atoms with van der Waals surface area (Å²) in [5, 5.41) is 21.0. The molecule has 2 rings (SSSR count). The molecule has 0 bridgehead atoms. The average Bonchev–Trinajstić information content (AvgIpc) is 2.91. The van der Waals surface area contributed by atoms with E-state index in [-0.39, 0.29) is 30.0 Å². The van der Waals surface area contributed by atoms with Gasteiger partial charge in [0.1, 0.15) is 0 Å². The van der Waals surface area contributed by atoms with Crippen molar-refractivity contribution in [2.24, 2.45) is 5.92 Å². The molecule has 1 aliphatic heterocycles. The first kappa shape index (κ1) is 14.0. The summed E-state index contributed by atoms with van der Waals surface area (Å²) in [7, 11) is 0. The van der Waals surface area contributed by atoms with E-state index in [4.69, 9.17) is 0 Å². The van der Waals surface area contributed by atoms with Crippen LogP contribution in [0.15, 0.2) is 6.07 Å². The molecule has 2 unspecified atom stereocenters. The molecule has 7 heteroatoms. The van der Waals surface area contributed by atoms with Crippen molar-refractivity contribution in [1.29, 1.82) is 0 Å². The van der Waals surface area contributed by atoms with Crippen molar-refractivity contribution in [2.75, 3.05) is 18.1 Å². The first-order valence-electron chi connectivity index (χ1n) is 6.12. The third kappa shape index (κ3) is 2.48. The zero-order chi connectivity index (χ0) is 14.2. The minimum absolute atomic E-state index is 0.0361. The lowest BCUT2D eigenvalue weighted by Gasteiger charge is -2.25. The second kappa shape index (κ2) is 5.26. The number of aliphatic hydroxyl groups excluding tert-OH is 1. The molecule has 2 atom stereocenters. The highest BCUT2D eigenvalue weighted by Gasteiger charge is 2.36. The second-order valence-electron chi connectivity index (χ2n) is 4.82. The molecule has 1 aliphatic rings. The summed E-state index contributed by atoms with van der Waals surface area (Å²) in [4.78, 5) is 24.3. The fourth-order valence-corrected chi connectivity index (χ4v) is 3.53. The minimum Gasteiger partial charge on any atom is -0.394 e. The van der Waals surface area contributed by atoms with Gasteiger partial charge in [0.05, 0.1) is 22.4 Å². The summed E-state index contributed by atoms with van der Waals surface area (Å²) in [6.45, 7) is 4.05. The number of nitrogens with zero attached hydrogens (tertiary/aromatic N) is 2. The van der Waals surface area contributed by atoms with Gasteiger partial charge >= 0.3 is 5.69 Å². The molecule has 0 spiro atoms. The molecule has 104 valence electrons. The number of rotatable bonds is 4. The van der Waals surface area contributed by atoms with E-state index < -0.39 is 4.92 Å². The number of ketones is 1. The number of hydrogen-bond acceptors (Lipinski definition) is 6. The van der Waals surface area contributed by atoms with E-state index in [0.717, 1.165) is 17.8 Å². The lowest BCUT2D eigenvalue weighted by molar-refractivity contribution is -0.383. The van der Waals surface area contributed by atoms with E-state index in [0.29, 0.717) is 16.4 Å². The molecule has 19 heavy (non-hydrogen) atoms. The van der Waals surface area contributed by atoms with E-state index in [1.54, 1.807) is 0 Å². The molecule has 0 saturated carbocycles. The van der Waals surface area contributed by atoms with Crippen LogP contribution < -0.4 is 4.90 Å². The standard InChI is InChI=1S/C12H16N2O4S/c1-7-3-4-13(10(7)6-15)12-9(14(17)18)5-11(19-12)8(2)16/h5,7,10,15H,3-4,6H2,1-2H3. The van der Waals surface area contributed by atoms with Crippen LogP contribution in [0, 0.1) is 16.0 Å². The van der Waals surface area contributed by atoms with Gasteiger partial charge in [0.25, 0.3) is 0 Å². The lowest BCUT2D eigenvalue weighted by Crippen LogP contribution is -2.34. The van der Waals surface area contributed by atoms with Crippen LogP contribution in [0.25, 0.3) is 0 Å². The molecule has 1 aromatic rings. The fraction of sp³-hybridized carbons (Fsp3) is 0.583. The Bertz CT molecular complexity index is 514. The van der Waals surface area contributed by atoms with Crippen LogP contribution in [-0.4, -0.2) is 35.0 Å². The van der Waals surface area contributed by atoms with Crippen LogP contribution in [0.4, 0.5) is 10.7 Å². The molecule has 1 aromatic heterocycles. The van der Waals surface area contributed by atoms with Crippen LogP contribution >= 0.6 is 11.3 Å². The minimum atomic E-state index is -0.463. The zero-order valence-electron chi connectivity index (χ0n) is 10.8. The number of aliphatic hydroxyl groups is 1. The molecule has 1 fully saturated rings. The molecular formula is C12H16N2O4S. The molecule has 6 nitrogen and oxygen atoms in total. The van der Waals surface area contributed by atoms with Crippen molar-refractivity contribution in [3.05, 3.63) is 21.1 Å². The quantitative estimate of drug-likeness (QED) is 0.520. The maximum atomic E-state index is 11.4. The smallest absolute Gasteiger partial charge is 0.304 e. The molecule has 1 N–H and O–H groups in total. The van der Waals surface area contributed by atoms with Crippen LogP contribution in [0.3, 0.4) is 0 Å². The Morgan fingerprint density at radius 1 is 1.68 bits per heavy atom. The largest absolute Gasteiger partial charge is 0.394 e. The molecular weight excluding hydrogens is 268 g/mol. The van der Waals surface area contributed by atoms with E-state index in [9.17, 15) is 20.0 Å². The van der Waals surface area contributed by atoms with E-state index in [1.807, 2.05) is 11.8 Å². The van der Waals surface area contributed by atoms with Crippen LogP contribution in [-0.2, 0) is 0 Å². The van der Waals surface area contributed by atoms with Crippen molar-refractivity contribution >= 4 is 27.8 Å². The predicted octanol–water partition coefficient (Wildman–Crippen LogP) is 2.07. The van der Waals surface area contributed by atoms with Crippen molar-refractivity contribution in [1.82, 2.24) is 0 Å². The van der Waals surface area contributed by atoms with Gasteiger partial charge in [0, 0.05) is 12.6 Å². The number of carbonyl (C=O) groups excluding carboxylic acids is 1. The Morgan fingerprint density at radius 3 is 2.89 bits per heavy atom. The van der Waals surface area contributed by atoms with E-state index in [2.05, 4.69) is 0 Å². The molecule has 0 radical (unpaired) electrons. The zero-order valence-corrected chi connectivity index (χ0v) is 11.6. The summed E-state index contributed by atoms with van der Waals surface area (Å²) in [6, 6.07) is 1.22. The van der Waals surface area contributed by atoms with Gasteiger partial charge in [-0.05, 0) is 19.3 Å². The number of thiophene rings is 1. The molecule has 0 aromatic carbocycles. The van der Waals surface area contributed by atoms with Crippen molar-refractivity contribution in [3.8, 4) is 0 Å². The van der Waals surface area contributed by atoms with Gasteiger partial charge in [-0.3, -0.25) is 14.9 Å². The Morgan fingerprint density at radius 2 is 2.37 bits per heavy atom. The van der Waals surface area contributed by atoms with Crippen LogP contribution in [0.2, 0.25) is 0 Å². The van der Waals surface area contributed by atoms with E-state index >= 15 is 0 Å². The van der Waals surface area contributed by atoms with Gasteiger partial charge < -0.3 is 10.0 Å². The number of hydrogen-bond donors (Lipinski definition) is 1. The Balaban J connectivity index is 2.43. The van der Waals surface area contributed by atoms with Gasteiger partial charge in [-0.25, -0.2) is 0 Å². The van der Waals surface area contributed by atoms with Crippen LogP contribution in [0.1, 0.15) is 29.9 Å². The normalized spacial score (nSPS) is 22.8. The average molecular weight is 284 g/mol. The molecule has 1 saturated heterocycles. The summed E-state index contributed by atoms with van der Waals surface area (Å²) in [5.41, 5.74) is -0.0391. The molecule has 0 aliphatic carbocycles. The highest BCUT2D eigenvalue weighted by atomic mass is 32.1. The predicted molar refractivity (Wildman–Crippen MR) is 73.0 cm³/mol. The number of anilines is 1. The Hall–Kier alpha value is -1.47. The fourth-order valence-electron chi connectivity index (χ4n) is 2.42. The van der Waals surface area contributed by atoms with E-state index in [1.165, 1.54) is 13.0 Å². The summed E-state index contributed by atoms with van der Waals surface area (Å²) in [6.07, 6.45) is 0.885. The summed E-state index contributed by atoms with van der Waals surface area (Å²) in [5.74, 6) is 0.111. The van der Waals surface area contributed by atoms with Gasteiger partial charge in [0.2, 0.25) is 0 Å². The van der Waals surface area contributed by atoms with Crippen LogP contribution in [0.5, 0.6) is 0 Å². The first-order valence-corrected chi connectivity index (χ1v) is 6.94. The van der Waals surface area contributed by atoms with Crippen molar-refractivity contribution in [2.45, 2.75) is 26.3 Å². The summed E-state index contributed by atoms with van der Waals surface area (Å²) >= 11 is 1.14. The monoisotopic (exact) mass is 284 g/mol. The first-order chi connectivity index (χ1) is 8.95. The molecule has 0 amide bonds. The Labute approximate surface area is 114 Å². The van der Waals surface area contributed by atoms with Crippen molar-refractivity contribution < 1.29 is 14.8 Å². The number of Topliss-reactive ketones (excluding diaryl/α,β-unsaturated/α-hetero) is 1. The van der Waals surface area contributed by atoms with Gasteiger partial charge in [-0.2, -0.15) is 0 Å². The maximum absolute atomic E-state index is 11.4. The molecule has 2 heterocycles. The SMILES string of the molecule is CC(=O)c1cc([N+](=O)[O-])c(N2CCC(C)C2CO)s1. The topological polar surface area (TPSA) is 83.7 Å². The van der Waals surface area contributed by atoms with Crippen molar-refractivity contribution in [3.63, 3.8) is 0 Å². The van der Waals surface area contributed by atoms with Gasteiger partial charge in [0.15, 0.2) is 10.8 Å². The summed E-state index contributed by atoms with van der Waals surface area (Å²) < 4.78 is 0. The highest BCUT2D eigenvalue weighted by molar-refractivity contribution is 7.18. The highest BCUT2D eigenvalue weighted by Crippen LogP contribution is 2.42. The number of carbonyl (C=O) groups is 1. The van der Waals surface area contributed by atoms with Gasteiger partial charge in [-0.15, -0.1) is 11.3 Å². The number of nitro groups is 1. The second-order valence-corrected chi connectivity index (χ2v) is 5.85. The lowest BCUT2D eigenvalue weighted by atomic mass is 10.0.